The van der Waals surface area contributed by atoms with Crippen LogP contribution in [-0.4, -0.2) is 23.2 Å². The largest absolute Gasteiger partial charge is 0.496 e. The number of nitrogens with zero attached hydrogens (tertiary/aromatic N) is 2. The topological polar surface area (TPSA) is 61.2 Å². The van der Waals surface area contributed by atoms with Gasteiger partial charge < -0.3 is 4.74 Å². The first kappa shape index (κ1) is 13.0. The average Bonchev–Trinajstić information content (AvgIpc) is 2.41. The van der Waals surface area contributed by atoms with Crippen LogP contribution in [0.3, 0.4) is 0 Å². The Morgan fingerprint density at radius 1 is 1.32 bits per heavy atom. The van der Waals surface area contributed by atoms with Crippen molar-refractivity contribution < 1.29 is 9.53 Å². The van der Waals surface area contributed by atoms with Crippen LogP contribution in [0.2, 0.25) is 0 Å². The number of hydrogen-bond donors (Lipinski definition) is 0. The minimum Gasteiger partial charge on any atom is -0.496 e. The van der Waals surface area contributed by atoms with Crippen molar-refractivity contribution in [3.63, 3.8) is 0 Å². The summed E-state index contributed by atoms with van der Waals surface area (Å²) < 4.78 is 6.44. The number of aryl methyl sites for hydroxylation is 2. The van der Waals surface area contributed by atoms with Gasteiger partial charge in [0.1, 0.15) is 5.75 Å². The van der Waals surface area contributed by atoms with Crippen molar-refractivity contribution >= 4 is 6.29 Å². The lowest BCUT2D eigenvalue weighted by molar-refractivity contribution is 0.112. The van der Waals surface area contributed by atoms with Crippen LogP contribution in [-0.2, 0) is 7.05 Å². The lowest BCUT2D eigenvalue weighted by atomic mass is 10.1. The third kappa shape index (κ3) is 2.40. The second kappa shape index (κ2) is 5.06. The number of carbonyl (C=O) groups is 1. The van der Waals surface area contributed by atoms with Gasteiger partial charge in [-0.1, -0.05) is 11.6 Å². The number of carbonyl (C=O) groups excluding carboxylic acids is 1. The highest BCUT2D eigenvalue weighted by Crippen LogP contribution is 2.29. The van der Waals surface area contributed by atoms with Crippen LogP contribution < -0.4 is 10.3 Å². The second-order valence-corrected chi connectivity index (χ2v) is 4.24. The Balaban J connectivity index is 2.71. The van der Waals surface area contributed by atoms with Crippen LogP contribution in [0.4, 0.5) is 0 Å². The quantitative estimate of drug-likeness (QED) is 0.784. The van der Waals surface area contributed by atoms with Crippen LogP contribution in [0.1, 0.15) is 15.9 Å². The monoisotopic (exact) mass is 258 g/mol. The van der Waals surface area contributed by atoms with E-state index in [9.17, 15) is 9.59 Å². The standard InChI is InChI=1S/C14H14N2O3/c1-9-4-5-13(19-3)11(6-9)12-7-10(8-17)14(18)16(2)15-12/h4-8H,1-3H3. The molecule has 0 bridgehead atoms. The molecule has 0 unspecified atom stereocenters. The highest BCUT2D eigenvalue weighted by Gasteiger charge is 2.11. The van der Waals surface area contributed by atoms with E-state index in [0.29, 0.717) is 17.7 Å². The molecule has 0 saturated carbocycles. The molecule has 1 aromatic carbocycles. The average molecular weight is 258 g/mol. The van der Waals surface area contributed by atoms with Gasteiger partial charge in [-0.2, -0.15) is 5.10 Å². The van der Waals surface area contributed by atoms with E-state index >= 15 is 0 Å². The third-order valence-electron chi connectivity index (χ3n) is 2.85. The predicted octanol–water partition coefficient (Wildman–Crippen LogP) is 1.58. The molecule has 2 rings (SSSR count). The van der Waals surface area contributed by atoms with Gasteiger partial charge in [-0.05, 0) is 25.1 Å². The number of hydrogen-bond acceptors (Lipinski definition) is 4. The van der Waals surface area contributed by atoms with Crippen LogP contribution in [0.15, 0.2) is 29.1 Å². The van der Waals surface area contributed by atoms with E-state index in [1.54, 1.807) is 7.11 Å². The first-order chi connectivity index (χ1) is 9.06. The van der Waals surface area contributed by atoms with E-state index in [4.69, 9.17) is 4.74 Å². The van der Waals surface area contributed by atoms with E-state index in [2.05, 4.69) is 5.10 Å². The van der Waals surface area contributed by atoms with E-state index in [-0.39, 0.29) is 5.56 Å². The first-order valence-electron chi connectivity index (χ1n) is 5.75. The minimum absolute atomic E-state index is 0.0797. The van der Waals surface area contributed by atoms with E-state index in [0.717, 1.165) is 15.8 Å². The smallest absolute Gasteiger partial charge is 0.277 e. The molecule has 2 aromatic rings. The second-order valence-electron chi connectivity index (χ2n) is 4.24. The Morgan fingerprint density at radius 3 is 2.68 bits per heavy atom. The number of aromatic nitrogens is 2. The molecule has 5 nitrogen and oxygen atoms in total. The van der Waals surface area contributed by atoms with Crippen molar-refractivity contribution in [2.24, 2.45) is 7.05 Å². The summed E-state index contributed by atoms with van der Waals surface area (Å²) in [4.78, 5) is 22.6. The summed E-state index contributed by atoms with van der Waals surface area (Å²) in [6.07, 6.45) is 0.537. The van der Waals surface area contributed by atoms with Crippen molar-refractivity contribution in [2.75, 3.05) is 7.11 Å². The van der Waals surface area contributed by atoms with Gasteiger partial charge in [0, 0.05) is 12.6 Å². The van der Waals surface area contributed by atoms with Gasteiger partial charge >= 0.3 is 0 Å². The van der Waals surface area contributed by atoms with Gasteiger partial charge in [-0.3, -0.25) is 9.59 Å². The third-order valence-corrected chi connectivity index (χ3v) is 2.85. The Bertz CT molecular complexity index is 690. The summed E-state index contributed by atoms with van der Waals surface area (Å²) >= 11 is 0. The molecular formula is C14H14N2O3. The summed E-state index contributed by atoms with van der Waals surface area (Å²) in [7, 11) is 3.08. The Labute approximate surface area is 110 Å². The highest BCUT2D eigenvalue weighted by atomic mass is 16.5. The molecule has 1 aromatic heterocycles. The molecule has 0 radical (unpaired) electrons. The fraction of sp³-hybridized carbons (Fsp3) is 0.214. The lowest BCUT2D eigenvalue weighted by Gasteiger charge is -2.10. The van der Waals surface area contributed by atoms with E-state index < -0.39 is 5.56 Å². The van der Waals surface area contributed by atoms with Crippen molar-refractivity contribution in [1.29, 1.82) is 0 Å². The van der Waals surface area contributed by atoms with Crippen molar-refractivity contribution in [3.05, 3.63) is 45.7 Å². The molecule has 0 aliphatic rings. The van der Waals surface area contributed by atoms with Gasteiger partial charge in [-0.15, -0.1) is 0 Å². The Morgan fingerprint density at radius 2 is 2.05 bits per heavy atom. The van der Waals surface area contributed by atoms with Crippen molar-refractivity contribution in [2.45, 2.75) is 6.92 Å². The van der Waals surface area contributed by atoms with Crippen LogP contribution in [0.5, 0.6) is 5.75 Å². The zero-order valence-corrected chi connectivity index (χ0v) is 11.0. The molecule has 0 atom stereocenters. The van der Waals surface area contributed by atoms with E-state index in [1.165, 1.54) is 13.1 Å². The fourth-order valence-electron chi connectivity index (χ4n) is 1.87. The van der Waals surface area contributed by atoms with Crippen molar-refractivity contribution in [3.8, 4) is 17.0 Å². The summed E-state index contributed by atoms with van der Waals surface area (Å²) in [5, 5.41) is 4.17. The fourth-order valence-corrected chi connectivity index (χ4v) is 1.87. The summed E-state index contributed by atoms with van der Waals surface area (Å²) in [5.74, 6) is 0.647. The number of benzene rings is 1. The van der Waals surface area contributed by atoms with E-state index in [1.807, 2.05) is 25.1 Å². The molecule has 5 heteroatoms. The maximum absolute atomic E-state index is 11.6. The van der Waals surface area contributed by atoms with Crippen LogP contribution in [0.25, 0.3) is 11.3 Å². The van der Waals surface area contributed by atoms with Crippen LogP contribution in [0, 0.1) is 6.92 Å². The van der Waals surface area contributed by atoms with Gasteiger partial charge in [0.2, 0.25) is 0 Å². The molecule has 1 heterocycles. The molecule has 0 amide bonds. The number of ether oxygens (including phenoxy) is 1. The zero-order chi connectivity index (χ0) is 14.0. The van der Waals surface area contributed by atoms with Gasteiger partial charge in [0.15, 0.2) is 6.29 Å². The maximum Gasteiger partial charge on any atom is 0.277 e. The molecular weight excluding hydrogens is 244 g/mol. The van der Waals surface area contributed by atoms with Gasteiger partial charge in [0.05, 0.1) is 18.4 Å². The molecule has 0 fully saturated rings. The molecule has 98 valence electrons. The summed E-state index contributed by atoms with van der Waals surface area (Å²) in [6, 6.07) is 7.13. The lowest BCUT2D eigenvalue weighted by Crippen LogP contribution is -2.23. The van der Waals surface area contributed by atoms with Crippen molar-refractivity contribution in [1.82, 2.24) is 9.78 Å². The Hall–Kier alpha value is -2.43. The molecule has 0 aliphatic heterocycles. The number of rotatable bonds is 3. The number of aldehydes is 1. The first-order valence-corrected chi connectivity index (χ1v) is 5.75. The highest BCUT2D eigenvalue weighted by molar-refractivity contribution is 5.78. The SMILES string of the molecule is COc1ccc(C)cc1-c1cc(C=O)c(=O)n(C)n1. The molecule has 0 saturated heterocycles. The van der Waals surface area contributed by atoms with Crippen LogP contribution >= 0.6 is 0 Å². The number of methoxy groups -OCH3 is 1. The van der Waals surface area contributed by atoms with Gasteiger partial charge in [-0.25, -0.2) is 4.68 Å². The normalized spacial score (nSPS) is 10.3. The molecule has 0 aliphatic carbocycles. The molecule has 19 heavy (non-hydrogen) atoms. The summed E-state index contributed by atoms with van der Waals surface area (Å²) in [5.41, 5.74) is 1.99. The summed E-state index contributed by atoms with van der Waals surface area (Å²) in [6.45, 7) is 1.95. The van der Waals surface area contributed by atoms with Gasteiger partial charge in [0.25, 0.3) is 5.56 Å². The maximum atomic E-state index is 11.6. The molecule has 0 spiro atoms. The molecule has 0 N–H and O–H groups in total. The Kier molecular flexibility index (Phi) is 3.46. The minimum atomic E-state index is -0.412. The predicted molar refractivity (Wildman–Crippen MR) is 71.6 cm³/mol. The zero-order valence-electron chi connectivity index (χ0n) is 11.0.